The van der Waals surface area contributed by atoms with Crippen LogP contribution in [-0.2, 0) is 16.6 Å². The Balaban J connectivity index is 1.95. The largest absolute Gasteiger partial charge is 0.313 e. The molecule has 6 heteroatoms. The van der Waals surface area contributed by atoms with E-state index in [9.17, 15) is 8.42 Å². The third kappa shape index (κ3) is 4.27. The molecule has 1 aromatic heterocycles. The molecule has 1 aliphatic rings. The Hall–Kier alpha value is -0.430. The summed E-state index contributed by atoms with van der Waals surface area (Å²) in [6.07, 6.45) is 5.27. The molecular weight excluding hydrogens is 280 g/mol. The highest BCUT2D eigenvalue weighted by Gasteiger charge is 2.23. The molecule has 108 valence electrons. The van der Waals surface area contributed by atoms with Gasteiger partial charge in [0.25, 0.3) is 0 Å². The molecule has 0 unspecified atom stereocenters. The smallest absolute Gasteiger partial charge is 0.250 e. The van der Waals surface area contributed by atoms with Crippen LogP contribution in [0.25, 0.3) is 0 Å². The molecule has 2 N–H and O–H groups in total. The first-order valence-electron chi connectivity index (χ1n) is 6.92. The van der Waals surface area contributed by atoms with Crippen LogP contribution in [0.1, 0.15) is 44.6 Å². The van der Waals surface area contributed by atoms with Crippen LogP contribution in [0.15, 0.2) is 15.7 Å². The third-order valence-electron chi connectivity index (χ3n) is 3.33. The molecule has 2 rings (SSSR count). The summed E-state index contributed by atoms with van der Waals surface area (Å²) in [5, 5.41) is 5.20. The molecule has 0 amide bonds. The first kappa shape index (κ1) is 15.0. The lowest BCUT2D eigenvalue weighted by molar-refractivity contribution is 0.554. The highest BCUT2D eigenvalue weighted by Crippen LogP contribution is 2.24. The van der Waals surface area contributed by atoms with Crippen molar-refractivity contribution in [2.45, 2.75) is 55.8 Å². The van der Waals surface area contributed by atoms with Gasteiger partial charge in [-0.1, -0.05) is 19.8 Å². The molecule has 0 radical (unpaired) electrons. The van der Waals surface area contributed by atoms with Gasteiger partial charge in [-0.25, -0.2) is 13.1 Å². The van der Waals surface area contributed by atoms with E-state index < -0.39 is 10.0 Å². The Bertz CT molecular complexity index is 490. The van der Waals surface area contributed by atoms with Crippen molar-refractivity contribution >= 4 is 21.4 Å². The Morgan fingerprint density at radius 3 is 2.79 bits per heavy atom. The minimum absolute atomic E-state index is 0.133. The summed E-state index contributed by atoms with van der Waals surface area (Å²) in [5.74, 6) is 0. The number of rotatable bonds is 7. The van der Waals surface area contributed by atoms with E-state index >= 15 is 0 Å². The summed E-state index contributed by atoms with van der Waals surface area (Å²) < 4.78 is 27.7. The number of hydrogen-bond donors (Lipinski definition) is 2. The van der Waals surface area contributed by atoms with Crippen molar-refractivity contribution in [2.24, 2.45) is 0 Å². The topological polar surface area (TPSA) is 58.2 Å². The molecule has 0 aliphatic heterocycles. The summed E-state index contributed by atoms with van der Waals surface area (Å²) in [5.41, 5.74) is 1.05. The molecule has 1 fully saturated rings. The van der Waals surface area contributed by atoms with Crippen molar-refractivity contribution in [3.05, 3.63) is 17.0 Å². The van der Waals surface area contributed by atoms with E-state index in [-0.39, 0.29) is 6.04 Å². The number of sulfonamides is 1. The highest BCUT2D eigenvalue weighted by molar-refractivity contribution is 7.91. The number of nitrogens with one attached hydrogen (secondary N) is 2. The average Bonchev–Trinajstić information content (AvgIpc) is 3.00. The van der Waals surface area contributed by atoms with E-state index in [0.717, 1.165) is 50.8 Å². The first-order chi connectivity index (χ1) is 9.12. The molecule has 1 aliphatic carbocycles. The zero-order valence-electron chi connectivity index (χ0n) is 11.3. The van der Waals surface area contributed by atoms with Crippen molar-refractivity contribution in [3.8, 4) is 0 Å². The SMILES string of the molecule is CCCNCc1csc(S(=O)(=O)NC2CCCC2)c1. The van der Waals surface area contributed by atoms with Crippen LogP contribution in [0.5, 0.6) is 0 Å². The van der Waals surface area contributed by atoms with Gasteiger partial charge in [-0.05, 0) is 42.8 Å². The molecule has 1 saturated carbocycles. The number of hydrogen-bond acceptors (Lipinski definition) is 4. The summed E-state index contributed by atoms with van der Waals surface area (Å²) in [6.45, 7) is 3.81. The predicted octanol–water partition coefficient (Wildman–Crippen LogP) is 2.47. The van der Waals surface area contributed by atoms with Gasteiger partial charge in [-0.3, -0.25) is 0 Å². The Morgan fingerprint density at radius 1 is 1.37 bits per heavy atom. The van der Waals surface area contributed by atoms with Gasteiger partial charge >= 0.3 is 0 Å². The van der Waals surface area contributed by atoms with Crippen LogP contribution in [0, 0.1) is 0 Å². The van der Waals surface area contributed by atoms with E-state index in [1.807, 2.05) is 5.38 Å². The van der Waals surface area contributed by atoms with Crippen molar-refractivity contribution in [3.63, 3.8) is 0 Å². The van der Waals surface area contributed by atoms with Gasteiger partial charge < -0.3 is 5.32 Å². The van der Waals surface area contributed by atoms with Gasteiger partial charge in [0, 0.05) is 12.6 Å². The van der Waals surface area contributed by atoms with Gasteiger partial charge in [-0.2, -0.15) is 0 Å². The molecule has 1 heterocycles. The van der Waals surface area contributed by atoms with Crippen molar-refractivity contribution in [1.29, 1.82) is 0 Å². The second kappa shape index (κ2) is 6.83. The Kier molecular flexibility index (Phi) is 5.38. The maximum atomic E-state index is 12.2. The molecule has 1 aromatic rings. The van der Waals surface area contributed by atoms with Crippen LogP contribution in [0.4, 0.5) is 0 Å². The second-order valence-corrected chi connectivity index (χ2v) is 7.91. The van der Waals surface area contributed by atoms with Gasteiger partial charge in [-0.15, -0.1) is 11.3 Å². The lowest BCUT2D eigenvalue weighted by atomic mass is 10.3. The number of thiophene rings is 1. The van der Waals surface area contributed by atoms with Crippen LogP contribution in [0.2, 0.25) is 0 Å². The maximum absolute atomic E-state index is 12.2. The zero-order valence-corrected chi connectivity index (χ0v) is 12.9. The minimum Gasteiger partial charge on any atom is -0.313 e. The molecule has 0 bridgehead atoms. The minimum atomic E-state index is -3.31. The molecular formula is C13H22N2O2S2. The van der Waals surface area contributed by atoms with Crippen LogP contribution < -0.4 is 10.0 Å². The van der Waals surface area contributed by atoms with E-state index in [4.69, 9.17) is 0 Å². The lowest BCUT2D eigenvalue weighted by Crippen LogP contribution is -2.32. The molecule has 19 heavy (non-hydrogen) atoms. The molecule has 0 spiro atoms. The zero-order chi connectivity index (χ0) is 13.7. The van der Waals surface area contributed by atoms with Gasteiger partial charge in [0.1, 0.15) is 4.21 Å². The van der Waals surface area contributed by atoms with Gasteiger partial charge in [0.05, 0.1) is 0 Å². The molecule has 4 nitrogen and oxygen atoms in total. The van der Waals surface area contributed by atoms with Crippen molar-refractivity contribution in [1.82, 2.24) is 10.0 Å². The maximum Gasteiger partial charge on any atom is 0.250 e. The van der Waals surface area contributed by atoms with Crippen molar-refractivity contribution in [2.75, 3.05) is 6.54 Å². The van der Waals surface area contributed by atoms with Crippen LogP contribution >= 0.6 is 11.3 Å². The third-order valence-corrected chi connectivity index (χ3v) is 6.34. The molecule has 0 atom stereocenters. The van der Waals surface area contributed by atoms with Gasteiger partial charge in [0.15, 0.2) is 0 Å². The predicted molar refractivity (Wildman–Crippen MR) is 78.9 cm³/mol. The highest BCUT2D eigenvalue weighted by atomic mass is 32.2. The fraction of sp³-hybridized carbons (Fsp3) is 0.692. The lowest BCUT2D eigenvalue weighted by Gasteiger charge is -2.10. The Morgan fingerprint density at radius 2 is 2.11 bits per heavy atom. The van der Waals surface area contributed by atoms with Crippen molar-refractivity contribution < 1.29 is 8.42 Å². The van der Waals surface area contributed by atoms with Gasteiger partial charge in [0.2, 0.25) is 10.0 Å². The first-order valence-corrected chi connectivity index (χ1v) is 9.28. The standard InChI is InChI=1S/C13H22N2O2S2/c1-2-7-14-9-11-8-13(18-10-11)19(16,17)15-12-5-3-4-6-12/h8,10,12,14-15H,2-7,9H2,1H3. The second-order valence-electron chi connectivity index (χ2n) is 5.05. The summed E-state index contributed by atoms with van der Waals surface area (Å²) in [4.78, 5) is 0. The summed E-state index contributed by atoms with van der Waals surface area (Å²) >= 11 is 1.31. The molecule has 0 aromatic carbocycles. The fourth-order valence-electron chi connectivity index (χ4n) is 2.32. The monoisotopic (exact) mass is 302 g/mol. The van der Waals surface area contributed by atoms with E-state index in [1.54, 1.807) is 6.07 Å². The Labute approximate surface area is 119 Å². The summed E-state index contributed by atoms with van der Waals surface area (Å²) in [6, 6.07) is 1.92. The fourth-order valence-corrected chi connectivity index (χ4v) is 4.85. The normalized spacial score (nSPS) is 17.1. The van der Waals surface area contributed by atoms with E-state index in [2.05, 4.69) is 17.0 Å². The summed E-state index contributed by atoms with van der Waals surface area (Å²) in [7, 11) is -3.31. The van der Waals surface area contributed by atoms with Crippen LogP contribution in [-0.4, -0.2) is 21.0 Å². The average molecular weight is 302 g/mol. The van der Waals surface area contributed by atoms with E-state index in [1.165, 1.54) is 11.3 Å². The van der Waals surface area contributed by atoms with Crippen LogP contribution in [0.3, 0.4) is 0 Å². The quantitative estimate of drug-likeness (QED) is 0.761. The van der Waals surface area contributed by atoms with E-state index in [0.29, 0.717) is 4.21 Å². The molecule has 0 saturated heterocycles.